The van der Waals surface area contributed by atoms with Crippen molar-refractivity contribution in [1.82, 2.24) is 9.80 Å². The van der Waals surface area contributed by atoms with Gasteiger partial charge in [0.25, 0.3) is 0 Å². The van der Waals surface area contributed by atoms with Crippen molar-refractivity contribution in [3.05, 3.63) is 35.9 Å². The number of amides is 1. The number of nitrogens with zero attached hydrogens (tertiary/aromatic N) is 2. The predicted octanol–water partition coefficient (Wildman–Crippen LogP) is 3.04. The van der Waals surface area contributed by atoms with Gasteiger partial charge in [0.1, 0.15) is 0 Å². The Kier molecular flexibility index (Phi) is 5.01. The zero-order valence-electron chi connectivity index (χ0n) is 12.3. The van der Waals surface area contributed by atoms with Crippen LogP contribution in [0.3, 0.4) is 0 Å². The van der Waals surface area contributed by atoms with E-state index in [0.717, 1.165) is 25.9 Å². The number of hydrogen-bond acceptors (Lipinski definition) is 2. The number of carbonyl (C=O) groups is 1. The summed E-state index contributed by atoms with van der Waals surface area (Å²) in [6, 6.07) is 10.8. The summed E-state index contributed by atoms with van der Waals surface area (Å²) >= 11 is 0. The first-order chi connectivity index (χ1) is 9.65. The minimum absolute atomic E-state index is 0.110. The summed E-state index contributed by atoms with van der Waals surface area (Å²) in [6.45, 7) is 6.55. The topological polar surface area (TPSA) is 43.8 Å². The molecule has 110 valence electrons. The quantitative estimate of drug-likeness (QED) is 0.919. The van der Waals surface area contributed by atoms with E-state index in [2.05, 4.69) is 43.0 Å². The van der Waals surface area contributed by atoms with Gasteiger partial charge in [-0.1, -0.05) is 44.2 Å². The fourth-order valence-electron chi connectivity index (χ4n) is 2.99. The lowest BCUT2D eigenvalue weighted by Gasteiger charge is -2.45. The highest BCUT2D eigenvalue weighted by Crippen LogP contribution is 2.22. The fraction of sp³-hybridized carbons (Fsp3) is 0.562. The molecule has 1 amide bonds. The summed E-state index contributed by atoms with van der Waals surface area (Å²) in [4.78, 5) is 15.4. The highest BCUT2D eigenvalue weighted by atomic mass is 16.4. The van der Waals surface area contributed by atoms with Gasteiger partial charge in [0, 0.05) is 31.7 Å². The van der Waals surface area contributed by atoms with Gasteiger partial charge in [-0.3, -0.25) is 4.90 Å². The van der Waals surface area contributed by atoms with Gasteiger partial charge in [0.2, 0.25) is 0 Å². The second kappa shape index (κ2) is 6.75. The van der Waals surface area contributed by atoms with Crippen molar-refractivity contribution < 1.29 is 9.90 Å². The van der Waals surface area contributed by atoms with Crippen LogP contribution in [0.1, 0.15) is 32.3 Å². The van der Waals surface area contributed by atoms with E-state index in [1.165, 1.54) is 5.56 Å². The number of benzene rings is 1. The molecule has 1 saturated heterocycles. The van der Waals surface area contributed by atoms with Gasteiger partial charge in [0.05, 0.1) is 0 Å². The molecule has 1 aliphatic rings. The molecule has 0 aromatic heterocycles. The molecule has 2 atom stereocenters. The minimum atomic E-state index is -0.783. The van der Waals surface area contributed by atoms with Gasteiger partial charge in [0.15, 0.2) is 0 Å². The molecule has 20 heavy (non-hydrogen) atoms. The lowest BCUT2D eigenvalue weighted by molar-refractivity contribution is 0.0246. The van der Waals surface area contributed by atoms with E-state index in [-0.39, 0.29) is 6.04 Å². The molecule has 1 fully saturated rings. The molecule has 1 aromatic rings. The largest absolute Gasteiger partial charge is 0.465 e. The van der Waals surface area contributed by atoms with Gasteiger partial charge in [-0.05, 0) is 18.4 Å². The number of carboxylic acid groups (broad SMARTS) is 1. The van der Waals surface area contributed by atoms with Crippen molar-refractivity contribution >= 4 is 6.09 Å². The zero-order valence-corrected chi connectivity index (χ0v) is 12.3. The molecule has 4 heteroatoms. The smallest absolute Gasteiger partial charge is 0.407 e. The molecule has 0 radical (unpaired) electrons. The van der Waals surface area contributed by atoms with Crippen LogP contribution in [0.25, 0.3) is 0 Å². The van der Waals surface area contributed by atoms with E-state index in [4.69, 9.17) is 0 Å². The van der Waals surface area contributed by atoms with Crippen LogP contribution in [-0.4, -0.2) is 46.2 Å². The molecule has 0 unspecified atom stereocenters. The van der Waals surface area contributed by atoms with E-state index in [0.29, 0.717) is 12.6 Å². The molecule has 2 rings (SSSR count). The van der Waals surface area contributed by atoms with Crippen LogP contribution in [0.15, 0.2) is 30.3 Å². The second-order valence-electron chi connectivity index (χ2n) is 5.47. The van der Waals surface area contributed by atoms with Gasteiger partial charge in [-0.25, -0.2) is 4.79 Å². The summed E-state index contributed by atoms with van der Waals surface area (Å²) in [7, 11) is 0. The number of rotatable bonds is 4. The van der Waals surface area contributed by atoms with E-state index in [1.807, 2.05) is 6.07 Å². The average molecular weight is 276 g/mol. The lowest BCUT2D eigenvalue weighted by Crippen LogP contribution is -2.58. The molecule has 0 spiro atoms. The Morgan fingerprint density at radius 1 is 1.15 bits per heavy atom. The lowest BCUT2D eigenvalue weighted by atomic mass is 10.0. The van der Waals surface area contributed by atoms with Crippen LogP contribution in [0.4, 0.5) is 4.79 Å². The van der Waals surface area contributed by atoms with Gasteiger partial charge >= 0.3 is 6.09 Å². The highest BCUT2D eigenvalue weighted by molar-refractivity contribution is 5.65. The van der Waals surface area contributed by atoms with E-state index < -0.39 is 6.09 Å². The molecule has 0 bridgehead atoms. The van der Waals surface area contributed by atoms with E-state index in [1.54, 1.807) is 4.90 Å². The van der Waals surface area contributed by atoms with Gasteiger partial charge < -0.3 is 10.0 Å². The minimum Gasteiger partial charge on any atom is -0.465 e. The summed E-state index contributed by atoms with van der Waals surface area (Å²) in [6.07, 6.45) is 1.07. The third-order valence-corrected chi connectivity index (χ3v) is 4.23. The standard InChI is InChI=1S/C16H24N2O2/c1-3-14-12-18(16(19)20)15(4-2)11-17(14)10-13-8-6-5-7-9-13/h5-9,14-15H,3-4,10-12H2,1-2H3,(H,19,20)/t14-,15+/m0/s1. The van der Waals surface area contributed by atoms with Crippen LogP contribution in [0.2, 0.25) is 0 Å². The second-order valence-corrected chi connectivity index (χ2v) is 5.47. The molecule has 1 aromatic carbocycles. The molecular formula is C16H24N2O2. The van der Waals surface area contributed by atoms with E-state index >= 15 is 0 Å². The Morgan fingerprint density at radius 3 is 2.35 bits per heavy atom. The molecule has 4 nitrogen and oxygen atoms in total. The Labute approximate surface area is 121 Å². The maximum Gasteiger partial charge on any atom is 0.407 e. The average Bonchev–Trinajstić information content (AvgIpc) is 2.47. The summed E-state index contributed by atoms with van der Waals surface area (Å²) in [5.41, 5.74) is 1.30. The van der Waals surface area contributed by atoms with Crippen LogP contribution in [0.5, 0.6) is 0 Å². The molecule has 1 aliphatic heterocycles. The SMILES string of the molecule is CC[C@H]1CN(C(=O)O)[C@H](CC)CN1Cc1ccccc1. The molecule has 1 heterocycles. The van der Waals surface area contributed by atoms with Crippen LogP contribution >= 0.6 is 0 Å². The normalized spacial score (nSPS) is 23.8. The Hall–Kier alpha value is -1.55. The molecule has 0 saturated carbocycles. The Balaban J connectivity index is 2.10. The zero-order chi connectivity index (χ0) is 14.5. The van der Waals surface area contributed by atoms with Crippen molar-refractivity contribution in [1.29, 1.82) is 0 Å². The fourth-order valence-corrected chi connectivity index (χ4v) is 2.99. The van der Waals surface area contributed by atoms with Crippen molar-refractivity contribution in [2.45, 2.75) is 45.3 Å². The van der Waals surface area contributed by atoms with Gasteiger partial charge in [-0.2, -0.15) is 0 Å². The van der Waals surface area contributed by atoms with Crippen molar-refractivity contribution in [2.24, 2.45) is 0 Å². The van der Waals surface area contributed by atoms with Crippen LogP contribution in [0, 0.1) is 0 Å². The van der Waals surface area contributed by atoms with Crippen molar-refractivity contribution in [3.63, 3.8) is 0 Å². The first-order valence-corrected chi connectivity index (χ1v) is 7.43. The third-order valence-electron chi connectivity index (χ3n) is 4.23. The monoisotopic (exact) mass is 276 g/mol. The Morgan fingerprint density at radius 2 is 1.80 bits per heavy atom. The first kappa shape index (κ1) is 14.9. The number of hydrogen-bond donors (Lipinski definition) is 1. The predicted molar refractivity (Wildman–Crippen MR) is 79.7 cm³/mol. The van der Waals surface area contributed by atoms with Crippen molar-refractivity contribution in [3.8, 4) is 0 Å². The summed E-state index contributed by atoms with van der Waals surface area (Å²) in [5.74, 6) is 0. The maximum absolute atomic E-state index is 11.4. The van der Waals surface area contributed by atoms with Crippen LogP contribution < -0.4 is 0 Å². The third kappa shape index (κ3) is 3.31. The Bertz CT molecular complexity index is 435. The molecule has 1 N–H and O–H groups in total. The number of piperazine rings is 1. The molecular weight excluding hydrogens is 252 g/mol. The van der Waals surface area contributed by atoms with Crippen molar-refractivity contribution in [2.75, 3.05) is 13.1 Å². The van der Waals surface area contributed by atoms with E-state index in [9.17, 15) is 9.90 Å². The first-order valence-electron chi connectivity index (χ1n) is 7.43. The highest BCUT2D eigenvalue weighted by Gasteiger charge is 2.34. The molecule has 0 aliphatic carbocycles. The summed E-state index contributed by atoms with van der Waals surface area (Å²) in [5, 5.41) is 9.34. The summed E-state index contributed by atoms with van der Waals surface area (Å²) < 4.78 is 0. The van der Waals surface area contributed by atoms with Crippen LogP contribution in [-0.2, 0) is 6.54 Å². The maximum atomic E-state index is 11.4. The van der Waals surface area contributed by atoms with Gasteiger partial charge in [-0.15, -0.1) is 0 Å².